The molecule has 0 N–H and O–H groups in total. The minimum absolute atomic E-state index is 0.804. The van der Waals surface area contributed by atoms with Crippen molar-refractivity contribution in [3.8, 4) is 5.75 Å². The Morgan fingerprint density at radius 2 is 1.43 bits per heavy atom. The van der Waals surface area contributed by atoms with E-state index in [2.05, 4.69) is 13.0 Å². The molecule has 0 spiro atoms. The van der Waals surface area contributed by atoms with E-state index in [0.29, 0.717) is 0 Å². The van der Waals surface area contributed by atoms with E-state index >= 15 is 0 Å². The predicted octanol–water partition coefficient (Wildman–Crippen LogP) is 6.20. The van der Waals surface area contributed by atoms with Gasteiger partial charge in [-0.15, -0.1) is 0 Å². The van der Waals surface area contributed by atoms with Gasteiger partial charge in [-0.2, -0.15) is 0 Å². The zero-order valence-electron chi connectivity index (χ0n) is 13.5. The Morgan fingerprint density at radius 3 is 2.05 bits per heavy atom. The van der Waals surface area contributed by atoms with Crippen molar-refractivity contribution in [3.05, 3.63) is 29.8 Å². The van der Waals surface area contributed by atoms with Crippen molar-refractivity contribution in [2.75, 3.05) is 0 Å². The van der Waals surface area contributed by atoms with E-state index in [-0.39, 0.29) is 0 Å². The minimum Gasteiger partial charge on any atom is -0.447 e. The molecular weight excluding hydrogens is 279 g/mol. The van der Waals surface area contributed by atoms with Crippen LogP contribution in [0.2, 0.25) is 0 Å². The number of unbranched alkanes of at least 4 members (excludes halogenated alkanes) is 9. The van der Waals surface area contributed by atoms with Gasteiger partial charge in [0.1, 0.15) is 5.75 Å². The summed E-state index contributed by atoms with van der Waals surface area (Å²) in [5, 5.41) is 0. The largest absolute Gasteiger partial charge is 0.447 e. The van der Waals surface area contributed by atoms with Gasteiger partial charge < -0.3 is 4.52 Å². The van der Waals surface area contributed by atoms with Crippen molar-refractivity contribution in [2.24, 2.45) is 0 Å². The predicted molar refractivity (Wildman–Crippen MR) is 93.0 cm³/mol. The highest BCUT2D eigenvalue weighted by Gasteiger charge is 2.01. The van der Waals surface area contributed by atoms with Crippen LogP contribution in [0, 0.1) is 0 Å². The van der Waals surface area contributed by atoms with Crippen LogP contribution in [-0.2, 0) is 11.0 Å². The molecule has 0 heterocycles. The number of hydrogen-bond donors (Lipinski definition) is 0. The van der Waals surface area contributed by atoms with E-state index in [9.17, 15) is 4.57 Å². The van der Waals surface area contributed by atoms with Crippen LogP contribution in [0.3, 0.4) is 0 Å². The molecule has 0 aliphatic heterocycles. The number of hydrogen-bond acceptors (Lipinski definition) is 2. The summed E-state index contributed by atoms with van der Waals surface area (Å²) >= 11 is 0. The molecule has 0 bridgehead atoms. The fourth-order valence-electron chi connectivity index (χ4n) is 2.68. The zero-order valence-corrected chi connectivity index (χ0v) is 14.6. The third-order valence-corrected chi connectivity index (χ3v) is 4.30. The smallest absolute Gasteiger partial charge is 0.225 e. The molecule has 1 atom stereocenters. The Hall–Kier alpha value is -0.750. The summed E-state index contributed by atoms with van der Waals surface area (Å²) in [4.78, 5) is 0. The summed E-state index contributed by atoms with van der Waals surface area (Å²) in [6.45, 7) is 2.27. The molecule has 3 heteroatoms. The fraction of sp³-hybridized carbons (Fsp3) is 0.667. The van der Waals surface area contributed by atoms with Gasteiger partial charge in [0, 0.05) is 0 Å². The molecular formula is C18H31O2P. The molecule has 0 aliphatic rings. The second-order valence-corrected chi connectivity index (χ2v) is 6.18. The molecule has 1 aromatic carbocycles. The maximum Gasteiger partial charge on any atom is 0.225 e. The molecule has 1 aromatic rings. The molecule has 0 aliphatic carbocycles. The van der Waals surface area contributed by atoms with E-state index in [1.54, 1.807) is 0 Å². The van der Waals surface area contributed by atoms with Crippen LogP contribution >= 0.6 is 8.69 Å². The number of benzene rings is 1. The Bertz CT molecular complexity index is 379. The van der Waals surface area contributed by atoms with Crippen LogP contribution in [0.1, 0.15) is 76.7 Å². The highest BCUT2D eigenvalue weighted by atomic mass is 31.1. The van der Waals surface area contributed by atoms with Gasteiger partial charge in [0.2, 0.25) is 8.69 Å². The van der Waals surface area contributed by atoms with Gasteiger partial charge in [-0.05, 0) is 24.5 Å². The van der Waals surface area contributed by atoms with E-state index in [1.807, 2.05) is 18.2 Å². The normalized spacial score (nSPS) is 11.3. The summed E-state index contributed by atoms with van der Waals surface area (Å²) < 4.78 is 15.9. The Kier molecular flexibility index (Phi) is 11.3. The van der Waals surface area contributed by atoms with Crippen LogP contribution < -0.4 is 4.52 Å². The lowest BCUT2D eigenvalue weighted by Gasteiger charge is -2.07. The molecule has 0 radical (unpaired) electrons. The molecule has 1 unspecified atom stereocenters. The Balaban J connectivity index is 2.03. The van der Waals surface area contributed by atoms with Gasteiger partial charge in [0.25, 0.3) is 0 Å². The lowest BCUT2D eigenvalue weighted by Crippen LogP contribution is -1.90. The van der Waals surface area contributed by atoms with Crippen LogP contribution in [0.5, 0.6) is 5.75 Å². The van der Waals surface area contributed by atoms with Crippen molar-refractivity contribution in [1.29, 1.82) is 0 Å². The Labute approximate surface area is 131 Å². The topological polar surface area (TPSA) is 26.3 Å². The average molecular weight is 310 g/mol. The Morgan fingerprint density at radius 1 is 0.857 bits per heavy atom. The van der Waals surface area contributed by atoms with Crippen LogP contribution in [-0.4, -0.2) is 0 Å². The van der Waals surface area contributed by atoms with E-state index in [4.69, 9.17) is 4.52 Å². The number of rotatable bonds is 13. The lowest BCUT2D eigenvalue weighted by molar-refractivity contribution is 0.519. The highest BCUT2D eigenvalue weighted by Crippen LogP contribution is 2.23. The molecule has 2 nitrogen and oxygen atoms in total. The van der Waals surface area contributed by atoms with Crippen molar-refractivity contribution in [1.82, 2.24) is 0 Å². The van der Waals surface area contributed by atoms with Gasteiger partial charge in [0.15, 0.2) is 0 Å². The number of aryl methyl sites for hydroxylation is 1. The molecule has 1 rings (SSSR count). The van der Waals surface area contributed by atoms with E-state index in [1.165, 1.54) is 69.8 Å². The van der Waals surface area contributed by atoms with Crippen LogP contribution in [0.25, 0.3) is 0 Å². The molecule has 0 saturated heterocycles. The maximum atomic E-state index is 10.7. The highest BCUT2D eigenvalue weighted by molar-refractivity contribution is 7.17. The molecule has 120 valence electrons. The van der Waals surface area contributed by atoms with Crippen LogP contribution in [0.15, 0.2) is 24.3 Å². The van der Waals surface area contributed by atoms with Crippen molar-refractivity contribution in [2.45, 2.75) is 77.6 Å². The first kappa shape index (κ1) is 18.3. The fourth-order valence-corrected chi connectivity index (χ4v) is 3.01. The third kappa shape index (κ3) is 8.98. The standard InChI is InChI=1S/C18H31O2P/c1-2-3-4-5-6-7-8-9-10-11-14-17-15-12-13-16-18(17)20-21-19/h12-13,15-16H,2-11,14,21H2,1H3. The second kappa shape index (κ2) is 13.0. The molecule has 21 heavy (non-hydrogen) atoms. The first-order chi connectivity index (χ1) is 10.4. The van der Waals surface area contributed by atoms with Crippen molar-refractivity contribution in [3.63, 3.8) is 0 Å². The SMILES string of the molecule is CCCCCCCCCCCCc1ccccc1O[PH2]=O. The quantitative estimate of drug-likeness (QED) is 0.320. The zero-order chi connectivity index (χ0) is 15.2. The second-order valence-electron chi connectivity index (χ2n) is 5.75. The first-order valence-corrected chi connectivity index (χ1v) is 9.51. The first-order valence-electron chi connectivity index (χ1n) is 8.56. The summed E-state index contributed by atoms with van der Waals surface area (Å²) in [6, 6.07) is 7.96. The monoisotopic (exact) mass is 310 g/mol. The van der Waals surface area contributed by atoms with E-state index in [0.717, 1.165) is 12.2 Å². The molecule has 0 amide bonds. The van der Waals surface area contributed by atoms with Gasteiger partial charge in [0.05, 0.1) is 0 Å². The van der Waals surface area contributed by atoms with Gasteiger partial charge >= 0.3 is 0 Å². The minimum atomic E-state index is -1.16. The lowest BCUT2D eigenvalue weighted by atomic mass is 10.0. The van der Waals surface area contributed by atoms with Crippen molar-refractivity contribution >= 4 is 8.69 Å². The summed E-state index contributed by atoms with van der Waals surface area (Å²) in [6.07, 6.45) is 14.6. The molecule has 0 saturated carbocycles. The van der Waals surface area contributed by atoms with Gasteiger partial charge in [-0.25, -0.2) is 0 Å². The molecule has 0 aromatic heterocycles. The number of para-hydroxylation sites is 1. The average Bonchev–Trinajstić information content (AvgIpc) is 2.51. The van der Waals surface area contributed by atoms with Gasteiger partial charge in [-0.1, -0.05) is 82.9 Å². The summed E-state index contributed by atoms with van der Waals surface area (Å²) in [5.41, 5.74) is 1.19. The third-order valence-electron chi connectivity index (χ3n) is 3.95. The summed E-state index contributed by atoms with van der Waals surface area (Å²) in [7, 11) is -1.16. The molecule has 0 fully saturated rings. The maximum absolute atomic E-state index is 10.7. The van der Waals surface area contributed by atoms with Crippen LogP contribution in [0.4, 0.5) is 0 Å². The van der Waals surface area contributed by atoms with Crippen molar-refractivity contribution < 1.29 is 9.09 Å². The van der Waals surface area contributed by atoms with Gasteiger partial charge in [-0.3, -0.25) is 4.57 Å². The van der Waals surface area contributed by atoms with E-state index < -0.39 is 8.69 Å². The summed E-state index contributed by atoms with van der Waals surface area (Å²) in [5.74, 6) is 0.804.